The molecule has 0 saturated carbocycles. The first-order valence-corrected chi connectivity index (χ1v) is 7.82. The monoisotopic (exact) mass is 274 g/mol. The Labute approximate surface area is 122 Å². The highest BCUT2D eigenvalue weighted by atomic mass is 16.2. The first-order valence-electron chi connectivity index (χ1n) is 7.82. The van der Waals surface area contributed by atoms with Gasteiger partial charge in [0.15, 0.2) is 0 Å². The van der Waals surface area contributed by atoms with Gasteiger partial charge in [0.2, 0.25) is 5.91 Å². The van der Waals surface area contributed by atoms with Gasteiger partial charge in [-0.1, -0.05) is 43.7 Å². The zero-order chi connectivity index (χ0) is 14.4. The number of hydrogen-bond donors (Lipinski definition) is 1. The van der Waals surface area contributed by atoms with Crippen molar-refractivity contribution in [3.63, 3.8) is 0 Å². The number of nitrogens with two attached hydrogens (primary N) is 1. The first-order chi connectivity index (χ1) is 9.72. The van der Waals surface area contributed by atoms with E-state index in [2.05, 4.69) is 11.8 Å². The minimum atomic E-state index is -0.187. The summed E-state index contributed by atoms with van der Waals surface area (Å²) in [6, 6.07) is 10.2. The lowest BCUT2D eigenvalue weighted by atomic mass is 9.96. The molecule has 2 atom stereocenters. The molecule has 1 amide bonds. The Morgan fingerprint density at radius 1 is 1.35 bits per heavy atom. The molecule has 3 heteroatoms. The number of carbonyl (C=O) groups excluding carboxylic acids is 1. The van der Waals surface area contributed by atoms with Gasteiger partial charge in [-0.25, -0.2) is 0 Å². The fourth-order valence-electron chi connectivity index (χ4n) is 3.09. The lowest BCUT2D eigenvalue weighted by Crippen LogP contribution is -2.44. The largest absolute Gasteiger partial charge is 0.340 e. The van der Waals surface area contributed by atoms with E-state index >= 15 is 0 Å². The predicted octanol–water partition coefficient (Wildman–Crippen LogP) is 3.26. The predicted molar refractivity (Wildman–Crippen MR) is 82.2 cm³/mol. The highest BCUT2D eigenvalue weighted by Gasteiger charge is 2.26. The van der Waals surface area contributed by atoms with Crippen LogP contribution in [0.5, 0.6) is 0 Å². The third-order valence-corrected chi connectivity index (χ3v) is 4.19. The summed E-state index contributed by atoms with van der Waals surface area (Å²) in [7, 11) is 0. The van der Waals surface area contributed by atoms with E-state index in [1.165, 1.54) is 6.42 Å². The topological polar surface area (TPSA) is 46.3 Å². The molecule has 1 aromatic carbocycles. The average Bonchev–Trinajstić information content (AvgIpc) is 2.49. The zero-order valence-electron chi connectivity index (χ0n) is 12.4. The lowest BCUT2D eigenvalue weighted by molar-refractivity contribution is -0.135. The van der Waals surface area contributed by atoms with E-state index in [0.29, 0.717) is 12.5 Å². The Balaban J connectivity index is 1.96. The van der Waals surface area contributed by atoms with Crippen molar-refractivity contribution in [1.29, 1.82) is 0 Å². The van der Waals surface area contributed by atoms with Crippen LogP contribution in [-0.2, 0) is 4.79 Å². The van der Waals surface area contributed by atoms with Crippen LogP contribution >= 0.6 is 0 Å². The molecule has 0 bridgehead atoms. The van der Waals surface area contributed by atoms with E-state index in [0.717, 1.165) is 37.8 Å². The molecule has 1 heterocycles. The fraction of sp³-hybridized carbons (Fsp3) is 0.588. The van der Waals surface area contributed by atoms with Crippen molar-refractivity contribution in [2.75, 3.05) is 6.54 Å². The smallest absolute Gasteiger partial charge is 0.224 e. The van der Waals surface area contributed by atoms with Crippen molar-refractivity contribution < 1.29 is 4.79 Å². The molecule has 1 aromatic rings. The van der Waals surface area contributed by atoms with Crippen molar-refractivity contribution in [3.05, 3.63) is 35.9 Å². The molecule has 1 saturated heterocycles. The Morgan fingerprint density at radius 2 is 2.10 bits per heavy atom. The van der Waals surface area contributed by atoms with E-state index in [-0.39, 0.29) is 11.9 Å². The van der Waals surface area contributed by atoms with Crippen LogP contribution in [0.15, 0.2) is 30.3 Å². The minimum Gasteiger partial charge on any atom is -0.340 e. The summed E-state index contributed by atoms with van der Waals surface area (Å²) in [5.74, 6) is 0.222. The van der Waals surface area contributed by atoms with Gasteiger partial charge >= 0.3 is 0 Å². The molecule has 2 unspecified atom stereocenters. The summed E-state index contributed by atoms with van der Waals surface area (Å²) in [5, 5.41) is 0. The van der Waals surface area contributed by atoms with Crippen LogP contribution in [0.25, 0.3) is 0 Å². The third kappa shape index (κ3) is 3.83. The SMILES string of the molecule is CCCC1CCCCN1C(=O)CC(N)c1ccccc1. The quantitative estimate of drug-likeness (QED) is 0.896. The minimum absolute atomic E-state index is 0.187. The zero-order valence-corrected chi connectivity index (χ0v) is 12.4. The van der Waals surface area contributed by atoms with Crippen molar-refractivity contribution in [1.82, 2.24) is 4.90 Å². The molecule has 2 rings (SSSR count). The molecule has 1 aliphatic rings. The van der Waals surface area contributed by atoms with Gasteiger partial charge in [0.25, 0.3) is 0 Å². The summed E-state index contributed by atoms with van der Waals surface area (Å²) in [6.45, 7) is 3.10. The summed E-state index contributed by atoms with van der Waals surface area (Å²) < 4.78 is 0. The fourth-order valence-corrected chi connectivity index (χ4v) is 3.09. The van der Waals surface area contributed by atoms with E-state index in [9.17, 15) is 4.79 Å². The molecule has 110 valence electrons. The van der Waals surface area contributed by atoms with Crippen molar-refractivity contribution in [3.8, 4) is 0 Å². The molecule has 3 nitrogen and oxygen atoms in total. The van der Waals surface area contributed by atoms with Gasteiger partial charge in [0.1, 0.15) is 0 Å². The van der Waals surface area contributed by atoms with Gasteiger partial charge in [-0.15, -0.1) is 0 Å². The van der Waals surface area contributed by atoms with Crippen LogP contribution in [0.4, 0.5) is 0 Å². The molecular formula is C17H26N2O. The average molecular weight is 274 g/mol. The third-order valence-electron chi connectivity index (χ3n) is 4.19. The Bertz CT molecular complexity index is 416. The number of likely N-dealkylation sites (tertiary alicyclic amines) is 1. The number of piperidine rings is 1. The van der Waals surface area contributed by atoms with Gasteiger partial charge < -0.3 is 10.6 Å². The Morgan fingerprint density at radius 3 is 2.80 bits per heavy atom. The van der Waals surface area contributed by atoms with E-state index in [1.54, 1.807) is 0 Å². The molecular weight excluding hydrogens is 248 g/mol. The molecule has 0 radical (unpaired) electrons. The second kappa shape index (κ2) is 7.44. The second-order valence-electron chi connectivity index (χ2n) is 5.75. The molecule has 0 spiro atoms. The molecule has 0 aliphatic carbocycles. The molecule has 2 N–H and O–H groups in total. The highest BCUT2D eigenvalue weighted by Crippen LogP contribution is 2.23. The van der Waals surface area contributed by atoms with E-state index < -0.39 is 0 Å². The van der Waals surface area contributed by atoms with E-state index in [1.807, 2.05) is 30.3 Å². The molecule has 0 aromatic heterocycles. The van der Waals surface area contributed by atoms with Crippen LogP contribution in [0.2, 0.25) is 0 Å². The summed E-state index contributed by atoms with van der Waals surface area (Å²) in [5.41, 5.74) is 7.22. The second-order valence-corrected chi connectivity index (χ2v) is 5.75. The van der Waals surface area contributed by atoms with Crippen LogP contribution in [0, 0.1) is 0 Å². The number of carbonyl (C=O) groups is 1. The van der Waals surface area contributed by atoms with Crippen LogP contribution in [0.3, 0.4) is 0 Å². The van der Waals surface area contributed by atoms with Gasteiger partial charge in [0, 0.05) is 25.0 Å². The number of benzene rings is 1. The Hall–Kier alpha value is -1.35. The maximum atomic E-state index is 12.5. The maximum Gasteiger partial charge on any atom is 0.224 e. The molecule has 20 heavy (non-hydrogen) atoms. The van der Waals surface area contributed by atoms with Gasteiger partial charge in [-0.3, -0.25) is 4.79 Å². The van der Waals surface area contributed by atoms with Gasteiger partial charge in [0.05, 0.1) is 0 Å². The molecule has 1 fully saturated rings. The normalized spacial score (nSPS) is 20.7. The molecule has 1 aliphatic heterocycles. The lowest BCUT2D eigenvalue weighted by Gasteiger charge is -2.36. The van der Waals surface area contributed by atoms with Crippen LogP contribution in [0.1, 0.15) is 57.1 Å². The van der Waals surface area contributed by atoms with Gasteiger partial charge in [-0.05, 0) is 31.2 Å². The number of rotatable bonds is 5. The summed E-state index contributed by atoms with van der Waals surface area (Å²) in [6.07, 6.45) is 6.21. The first kappa shape index (κ1) is 15.0. The maximum absolute atomic E-state index is 12.5. The van der Waals surface area contributed by atoms with Crippen molar-refractivity contribution >= 4 is 5.91 Å². The summed E-state index contributed by atoms with van der Waals surface area (Å²) >= 11 is 0. The standard InChI is InChI=1S/C17H26N2O/c1-2-8-15-11-6-7-12-19(15)17(20)13-16(18)14-9-4-3-5-10-14/h3-5,9-10,15-16H,2,6-8,11-13,18H2,1H3. The van der Waals surface area contributed by atoms with Crippen molar-refractivity contribution in [2.24, 2.45) is 5.73 Å². The van der Waals surface area contributed by atoms with Gasteiger partial charge in [-0.2, -0.15) is 0 Å². The van der Waals surface area contributed by atoms with E-state index in [4.69, 9.17) is 5.73 Å². The number of hydrogen-bond acceptors (Lipinski definition) is 2. The highest BCUT2D eigenvalue weighted by molar-refractivity contribution is 5.77. The number of amides is 1. The summed E-state index contributed by atoms with van der Waals surface area (Å²) in [4.78, 5) is 14.6. The van der Waals surface area contributed by atoms with Crippen LogP contribution in [-0.4, -0.2) is 23.4 Å². The van der Waals surface area contributed by atoms with Crippen molar-refractivity contribution in [2.45, 2.75) is 57.5 Å². The number of nitrogens with zero attached hydrogens (tertiary/aromatic N) is 1. The Kier molecular flexibility index (Phi) is 5.60. The van der Waals surface area contributed by atoms with Crippen LogP contribution < -0.4 is 5.73 Å².